The summed E-state index contributed by atoms with van der Waals surface area (Å²) < 4.78 is 5.19. The van der Waals surface area contributed by atoms with Crippen LogP contribution in [0.25, 0.3) is 0 Å². The van der Waals surface area contributed by atoms with Gasteiger partial charge in [-0.25, -0.2) is 0 Å². The van der Waals surface area contributed by atoms with E-state index in [1.54, 1.807) is 6.26 Å². The Bertz CT molecular complexity index is 196. The molecule has 0 fully saturated rings. The molecule has 0 amide bonds. The van der Waals surface area contributed by atoms with Crippen molar-refractivity contribution in [2.24, 2.45) is 0 Å². The molecule has 3 heteroatoms. The van der Waals surface area contributed by atoms with E-state index in [9.17, 15) is 0 Å². The van der Waals surface area contributed by atoms with E-state index in [-0.39, 0.29) is 6.04 Å². The van der Waals surface area contributed by atoms with Gasteiger partial charge >= 0.3 is 0 Å². The quantitative estimate of drug-likeness (QED) is 0.682. The smallest absolute Gasteiger partial charge is 0.105 e. The Kier molecular flexibility index (Phi) is 3.84. The zero-order chi connectivity index (χ0) is 8.81. The number of rotatable bonds is 5. The van der Waals surface area contributed by atoms with Crippen LogP contribution in [-0.4, -0.2) is 12.6 Å². The monoisotopic (exact) mass is 169 g/mol. The van der Waals surface area contributed by atoms with Gasteiger partial charge in [-0.15, -0.1) is 0 Å². The van der Waals surface area contributed by atoms with Gasteiger partial charge in [-0.3, -0.25) is 0 Å². The van der Waals surface area contributed by atoms with E-state index in [1.807, 2.05) is 19.1 Å². The average Bonchev–Trinajstić information content (AvgIpc) is 2.53. The van der Waals surface area contributed by atoms with Gasteiger partial charge in [0, 0.05) is 12.5 Å². The molecule has 1 rings (SSSR count). The molecular formula is C9H15NO2. The topological polar surface area (TPSA) is 34.4 Å². The molecule has 1 unspecified atom stereocenters. The van der Waals surface area contributed by atoms with Crippen LogP contribution >= 0.6 is 0 Å². The van der Waals surface area contributed by atoms with Crippen LogP contribution < -0.4 is 5.48 Å². The minimum atomic E-state index is 0.288. The summed E-state index contributed by atoms with van der Waals surface area (Å²) in [7, 11) is 0. The lowest BCUT2D eigenvalue weighted by molar-refractivity contribution is 0.0279. The van der Waals surface area contributed by atoms with Crippen LogP contribution in [0, 0.1) is 0 Å². The van der Waals surface area contributed by atoms with Gasteiger partial charge < -0.3 is 9.25 Å². The molecule has 3 nitrogen and oxygen atoms in total. The highest BCUT2D eigenvalue weighted by atomic mass is 16.6. The van der Waals surface area contributed by atoms with Crippen LogP contribution in [0.15, 0.2) is 22.8 Å². The first-order valence-electron chi connectivity index (χ1n) is 4.22. The maximum atomic E-state index is 5.19. The van der Waals surface area contributed by atoms with Crippen molar-refractivity contribution in [2.45, 2.75) is 26.3 Å². The summed E-state index contributed by atoms with van der Waals surface area (Å²) in [5, 5.41) is 0. The van der Waals surface area contributed by atoms with Gasteiger partial charge in [0.1, 0.15) is 5.76 Å². The fourth-order valence-corrected chi connectivity index (χ4v) is 0.998. The van der Waals surface area contributed by atoms with Gasteiger partial charge in [0.05, 0.1) is 12.9 Å². The molecule has 0 saturated heterocycles. The van der Waals surface area contributed by atoms with Crippen molar-refractivity contribution in [1.29, 1.82) is 0 Å². The molecule has 68 valence electrons. The summed E-state index contributed by atoms with van der Waals surface area (Å²) in [4.78, 5) is 5.05. The Morgan fingerprint density at radius 1 is 1.67 bits per heavy atom. The Labute approximate surface area is 72.7 Å². The van der Waals surface area contributed by atoms with Gasteiger partial charge in [-0.2, -0.15) is 5.48 Å². The van der Waals surface area contributed by atoms with Gasteiger partial charge in [0.25, 0.3) is 0 Å². The summed E-state index contributed by atoms with van der Waals surface area (Å²) in [6, 6.07) is 4.14. The van der Waals surface area contributed by atoms with Gasteiger partial charge in [-0.05, 0) is 26.0 Å². The van der Waals surface area contributed by atoms with Crippen molar-refractivity contribution in [2.75, 3.05) is 6.61 Å². The van der Waals surface area contributed by atoms with E-state index in [0.717, 1.165) is 12.2 Å². The number of hydroxylamine groups is 1. The second-order valence-electron chi connectivity index (χ2n) is 2.74. The summed E-state index contributed by atoms with van der Waals surface area (Å²) >= 11 is 0. The molecule has 1 aromatic heterocycles. The molecule has 1 atom stereocenters. The molecule has 1 N–H and O–H groups in total. The highest BCUT2D eigenvalue weighted by Crippen LogP contribution is 2.03. The van der Waals surface area contributed by atoms with Crippen molar-refractivity contribution < 1.29 is 9.25 Å². The number of nitrogens with one attached hydrogen (secondary N) is 1. The fourth-order valence-electron chi connectivity index (χ4n) is 0.998. The molecule has 0 aliphatic rings. The van der Waals surface area contributed by atoms with E-state index < -0.39 is 0 Å². The lowest BCUT2D eigenvalue weighted by atomic mass is 10.2. The lowest BCUT2D eigenvalue weighted by Crippen LogP contribution is -2.27. The van der Waals surface area contributed by atoms with E-state index in [2.05, 4.69) is 12.4 Å². The Morgan fingerprint density at radius 2 is 2.50 bits per heavy atom. The summed E-state index contributed by atoms with van der Waals surface area (Å²) in [6.45, 7) is 4.69. The van der Waals surface area contributed by atoms with Crippen LogP contribution in [-0.2, 0) is 11.3 Å². The van der Waals surface area contributed by atoms with Crippen molar-refractivity contribution in [1.82, 2.24) is 5.48 Å². The third kappa shape index (κ3) is 3.07. The molecule has 1 aromatic rings. The minimum Gasteiger partial charge on any atom is -0.469 e. The van der Waals surface area contributed by atoms with Gasteiger partial charge in [0.15, 0.2) is 0 Å². The van der Waals surface area contributed by atoms with Gasteiger partial charge in [0.2, 0.25) is 0 Å². The first-order chi connectivity index (χ1) is 5.83. The molecule has 12 heavy (non-hydrogen) atoms. The summed E-state index contributed by atoms with van der Waals surface area (Å²) in [6.07, 6.45) is 2.54. The largest absolute Gasteiger partial charge is 0.469 e. The molecule has 0 radical (unpaired) electrons. The third-order valence-corrected chi connectivity index (χ3v) is 1.52. The first kappa shape index (κ1) is 9.29. The second-order valence-corrected chi connectivity index (χ2v) is 2.74. The molecule has 0 aromatic carbocycles. The van der Waals surface area contributed by atoms with E-state index >= 15 is 0 Å². The predicted molar refractivity (Wildman–Crippen MR) is 46.6 cm³/mol. The normalized spacial score (nSPS) is 13.2. The first-order valence-corrected chi connectivity index (χ1v) is 4.22. The minimum absolute atomic E-state index is 0.288. The average molecular weight is 169 g/mol. The Balaban J connectivity index is 2.22. The summed E-state index contributed by atoms with van der Waals surface area (Å²) in [5.74, 6) is 0.981. The number of hydrogen-bond acceptors (Lipinski definition) is 3. The molecular weight excluding hydrogens is 154 g/mol. The Hall–Kier alpha value is -0.800. The molecule has 0 aliphatic carbocycles. The third-order valence-electron chi connectivity index (χ3n) is 1.52. The van der Waals surface area contributed by atoms with Crippen LogP contribution in [0.2, 0.25) is 0 Å². The maximum absolute atomic E-state index is 5.19. The number of hydrogen-bond donors (Lipinski definition) is 1. The molecule has 0 saturated carbocycles. The molecule has 0 bridgehead atoms. The van der Waals surface area contributed by atoms with Crippen LogP contribution in [0.1, 0.15) is 19.6 Å². The highest BCUT2D eigenvalue weighted by Gasteiger charge is 2.03. The molecule has 0 aliphatic heterocycles. The standard InChI is InChI=1S/C9H15NO2/c1-3-12-10-8(2)7-9-5-4-6-11-9/h4-6,8,10H,3,7H2,1-2H3. The van der Waals surface area contributed by atoms with Gasteiger partial charge in [-0.1, -0.05) is 0 Å². The van der Waals surface area contributed by atoms with Crippen molar-refractivity contribution in [3.63, 3.8) is 0 Å². The van der Waals surface area contributed by atoms with Crippen LogP contribution in [0.3, 0.4) is 0 Å². The van der Waals surface area contributed by atoms with Crippen LogP contribution in [0.4, 0.5) is 0 Å². The zero-order valence-corrected chi connectivity index (χ0v) is 7.54. The molecule has 1 heterocycles. The van der Waals surface area contributed by atoms with Crippen LogP contribution in [0.5, 0.6) is 0 Å². The van der Waals surface area contributed by atoms with E-state index in [0.29, 0.717) is 6.61 Å². The van der Waals surface area contributed by atoms with Crippen molar-refractivity contribution in [3.05, 3.63) is 24.2 Å². The lowest BCUT2D eigenvalue weighted by Gasteiger charge is -2.10. The maximum Gasteiger partial charge on any atom is 0.105 e. The van der Waals surface area contributed by atoms with E-state index in [4.69, 9.17) is 9.25 Å². The second kappa shape index (κ2) is 4.95. The number of furan rings is 1. The highest BCUT2D eigenvalue weighted by molar-refractivity contribution is 4.99. The van der Waals surface area contributed by atoms with E-state index in [1.165, 1.54) is 0 Å². The predicted octanol–water partition coefficient (Wildman–Crippen LogP) is 1.75. The zero-order valence-electron chi connectivity index (χ0n) is 7.54. The Morgan fingerprint density at radius 3 is 3.08 bits per heavy atom. The fraction of sp³-hybridized carbons (Fsp3) is 0.556. The molecule has 0 spiro atoms. The SMILES string of the molecule is CCONC(C)Cc1ccco1. The summed E-state index contributed by atoms with van der Waals surface area (Å²) in [5.41, 5.74) is 2.91. The van der Waals surface area contributed by atoms with Crippen molar-refractivity contribution >= 4 is 0 Å². The van der Waals surface area contributed by atoms with Crippen molar-refractivity contribution in [3.8, 4) is 0 Å².